The molecule has 8 heteroatoms. The summed E-state index contributed by atoms with van der Waals surface area (Å²) in [6.07, 6.45) is 0. The number of nitrogens with zero attached hydrogens (tertiary/aromatic N) is 2. The van der Waals surface area contributed by atoms with Gasteiger partial charge in [-0.25, -0.2) is 0 Å². The average molecular weight is 396 g/mol. The molecule has 0 radical (unpaired) electrons. The number of aromatic nitrogens is 1. The highest BCUT2D eigenvalue weighted by molar-refractivity contribution is 7.12. The number of aryl methyl sites for hydroxylation is 1. The van der Waals surface area contributed by atoms with E-state index in [1.165, 1.54) is 16.2 Å². The lowest BCUT2D eigenvalue weighted by Gasteiger charge is -2.24. The molecule has 1 unspecified atom stereocenters. The molecule has 28 heavy (non-hydrogen) atoms. The van der Waals surface area contributed by atoms with Crippen molar-refractivity contribution in [2.24, 2.45) is 0 Å². The molecule has 1 aliphatic heterocycles. The fourth-order valence-corrected chi connectivity index (χ4v) is 3.86. The van der Waals surface area contributed by atoms with E-state index in [0.29, 0.717) is 22.0 Å². The molecule has 1 aliphatic rings. The lowest BCUT2D eigenvalue weighted by atomic mass is 9.95. The quantitative estimate of drug-likeness (QED) is 0.659. The fraction of sp³-hybridized carbons (Fsp3) is 0.150. The highest BCUT2D eigenvalue weighted by atomic mass is 32.1. The zero-order chi connectivity index (χ0) is 19.8. The third kappa shape index (κ3) is 2.87. The number of ether oxygens (including phenoxy) is 1. The Morgan fingerprint density at radius 3 is 2.61 bits per heavy atom. The number of anilines is 1. The lowest BCUT2D eigenvalue weighted by molar-refractivity contribution is -0.117. The van der Waals surface area contributed by atoms with Gasteiger partial charge in [-0.05, 0) is 36.1 Å². The van der Waals surface area contributed by atoms with E-state index in [-0.39, 0.29) is 11.4 Å². The SMILES string of the molecule is COc1ccc(C2C(C(=O)c3cccs3)=C(O)C(=O)N2c2cc(C)on2)cc1. The topological polar surface area (TPSA) is 92.9 Å². The lowest BCUT2D eigenvalue weighted by Crippen LogP contribution is -2.31. The maximum Gasteiger partial charge on any atom is 0.295 e. The minimum absolute atomic E-state index is 0.0123. The summed E-state index contributed by atoms with van der Waals surface area (Å²) >= 11 is 1.25. The van der Waals surface area contributed by atoms with Crippen molar-refractivity contribution in [2.45, 2.75) is 13.0 Å². The van der Waals surface area contributed by atoms with Crippen LogP contribution in [0, 0.1) is 6.92 Å². The fourth-order valence-electron chi connectivity index (χ4n) is 3.18. The first-order valence-electron chi connectivity index (χ1n) is 8.43. The van der Waals surface area contributed by atoms with Gasteiger partial charge in [-0.15, -0.1) is 11.3 Å². The van der Waals surface area contributed by atoms with Gasteiger partial charge in [0.25, 0.3) is 5.91 Å². The molecule has 7 nitrogen and oxygen atoms in total. The normalized spacial score (nSPS) is 16.7. The van der Waals surface area contributed by atoms with Crippen molar-refractivity contribution in [3.63, 3.8) is 0 Å². The van der Waals surface area contributed by atoms with Crippen LogP contribution in [0.4, 0.5) is 5.82 Å². The number of ketones is 1. The van der Waals surface area contributed by atoms with E-state index in [9.17, 15) is 14.7 Å². The maximum absolute atomic E-state index is 13.1. The Labute approximate surface area is 164 Å². The summed E-state index contributed by atoms with van der Waals surface area (Å²) in [5.74, 6) is -0.313. The van der Waals surface area contributed by atoms with Crippen molar-refractivity contribution in [2.75, 3.05) is 12.0 Å². The van der Waals surface area contributed by atoms with Crippen molar-refractivity contribution in [3.05, 3.63) is 75.4 Å². The number of hydrogen-bond acceptors (Lipinski definition) is 7. The van der Waals surface area contributed by atoms with E-state index >= 15 is 0 Å². The van der Waals surface area contributed by atoms with Crippen molar-refractivity contribution in [1.29, 1.82) is 0 Å². The summed E-state index contributed by atoms with van der Waals surface area (Å²) < 4.78 is 10.3. The van der Waals surface area contributed by atoms with Crippen LogP contribution >= 0.6 is 11.3 Å². The van der Waals surface area contributed by atoms with Crippen LogP contribution in [0.1, 0.15) is 27.0 Å². The second-order valence-electron chi connectivity index (χ2n) is 6.22. The first-order chi connectivity index (χ1) is 13.5. The zero-order valence-corrected chi connectivity index (χ0v) is 15.9. The number of Topliss-reactive ketones (excluding diaryl/α,β-unsaturated/α-hetero) is 1. The molecular formula is C20H16N2O5S. The summed E-state index contributed by atoms with van der Waals surface area (Å²) in [6.45, 7) is 1.70. The molecule has 1 amide bonds. The molecule has 4 rings (SSSR count). The number of rotatable bonds is 5. The number of carbonyl (C=O) groups excluding carboxylic acids is 2. The van der Waals surface area contributed by atoms with Gasteiger partial charge in [-0.2, -0.15) is 0 Å². The summed E-state index contributed by atoms with van der Waals surface area (Å²) in [4.78, 5) is 27.7. The van der Waals surface area contributed by atoms with Crippen molar-refractivity contribution in [1.82, 2.24) is 5.16 Å². The van der Waals surface area contributed by atoms with Crippen molar-refractivity contribution >= 4 is 28.8 Å². The summed E-state index contributed by atoms with van der Waals surface area (Å²) in [5.41, 5.74) is 0.650. The Bertz CT molecular complexity index is 1070. The Morgan fingerprint density at radius 1 is 1.29 bits per heavy atom. The van der Waals surface area contributed by atoms with E-state index < -0.39 is 23.5 Å². The largest absolute Gasteiger partial charge is 0.503 e. The second-order valence-corrected chi connectivity index (χ2v) is 7.16. The van der Waals surface area contributed by atoms with Crippen molar-refractivity contribution < 1.29 is 24.0 Å². The Hall–Kier alpha value is -3.39. The van der Waals surface area contributed by atoms with Gasteiger partial charge in [0.1, 0.15) is 11.5 Å². The Kier molecular flexibility index (Phi) is 4.48. The van der Waals surface area contributed by atoms with Crippen molar-refractivity contribution in [3.8, 4) is 5.75 Å². The predicted octanol–water partition coefficient (Wildman–Crippen LogP) is 3.84. The van der Waals surface area contributed by atoms with Crippen LogP contribution in [-0.2, 0) is 4.79 Å². The van der Waals surface area contributed by atoms with Crippen LogP contribution in [0.3, 0.4) is 0 Å². The number of thiophene rings is 1. The van der Waals surface area contributed by atoms with Gasteiger partial charge in [-0.1, -0.05) is 23.4 Å². The van der Waals surface area contributed by atoms with Gasteiger partial charge in [0.2, 0.25) is 5.78 Å². The molecule has 3 aromatic rings. The molecule has 0 bridgehead atoms. The highest BCUT2D eigenvalue weighted by Crippen LogP contribution is 2.42. The van der Waals surface area contributed by atoms with Crippen LogP contribution in [0.5, 0.6) is 5.75 Å². The van der Waals surface area contributed by atoms with Gasteiger partial charge in [0, 0.05) is 6.07 Å². The number of aliphatic hydroxyl groups is 1. The first kappa shape index (κ1) is 18.0. The van der Waals surface area contributed by atoms with Gasteiger partial charge in [-0.3, -0.25) is 14.5 Å². The molecule has 0 fully saturated rings. The molecular weight excluding hydrogens is 380 g/mol. The predicted molar refractivity (Wildman–Crippen MR) is 103 cm³/mol. The van der Waals surface area contributed by atoms with Crippen LogP contribution in [0.2, 0.25) is 0 Å². The number of hydrogen-bond donors (Lipinski definition) is 1. The third-order valence-electron chi connectivity index (χ3n) is 4.49. The standard InChI is InChI=1S/C20H16N2O5S/c1-11-10-15(21-27-11)22-17(12-5-7-13(26-2)8-6-12)16(19(24)20(22)25)18(23)14-4-3-9-28-14/h3-10,17,24H,1-2H3. The Morgan fingerprint density at radius 2 is 2.04 bits per heavy atom. The van der Waals surface area contributed by atoms with Crippen LogP contribution in [0.15, 0.2) is 63.7 Å². The molecule has 0 saturated heterocycles. The van der Waals surface area contributed by atoms with Crippen LogP contribution < -0.4 is 9.64 Å². The smallest absolute Gasteiger partial charge is 0.295 e. The van der Waals surface area contributed by atoms with E-state index in [1.807, 2.05) is 0 Å². The number of methoxy groups -OCH3 is 1. The minimum atomic E-state index is -0.836. The van der Waals surface area contributed by atoms with E-state index in [4.69, 9.17) is 9.26 Å². The molecule has 3 heterocycles. The molecule has 1 N–H and O–H groups in total. The minimum Gasteiger partial charge on any atom is -0.503 e. The van der Waals surface area contributed by atoms with Gasteiger partial charge < -0.3 is 14.4 Å². The first-order valence-corrected chi connectivity index (χ1v) is 9.31. The monoisotopic (exact) mass is 396 g/mol. The van der Waals surface area contributed by atoms with Crippen LogP contribution in [0.25, 0.3) is 0 Å². The second kappa shape index (κ2) is 6.97. The van der Waals surface area contributed by atoms with E-state index in [2.05, 4.69) is 5.16 Å². The summed E-state index contributed by atoms with van der Waals surface area (Å²) in [5, 5.41) is 16.3. The van der Waals surface area contributed by atoms with E-state index in [0.717, 1.165) is 0 Å². The number of aliphatic hydroxyl groups excluding tert-OH is 1. The number of carbonyl (C=O) groups is 2. The van der Waals surface area contributed by atoms with Gasteiger partial charge in [0.15, 0.2) is 11.6 Å². The van der Waals surface area contributed by atoms with E-state index in [1.54, 1.807) is 61.9 Å². The van der Waals surface area contributed by atoms with Gasteiger partial charge in [0.05, 0.1) is 23.6 Å². The molecule has 142 valence electrons. The highest BCUT2D eigenvalue weighted by Gasteiger charge is 2.45. The van der Waals surface area contributed by atoms with Crippen LogP contribution in [-0.4, -0.2) is 29.1 Å². The summed E-state index contributed by atoms with van der Waals surface area (Å²) in [7, 11) is 1.55. The average Bonchev–Trinajstić information content (AvgIpc) is 3.43. The Balaban J connectivity index is 1.86. The number of benzene rings is 1. The molecule has 2 aromatic heterocycles. The maximum atomic E-state index is 13.1. The molecule has 1 atom stereocenters. The number of amides is 1. The zero-order valence-electron chi connectivity index (χ0n) is 15.1. The molecule has 1 aromatic carbocycles. The third-order valence-corrected chi connectivity index (χ3v) is 5.36. The molecule has 0 aliphatic carbocycles. The van der Waals surface area contributed by atoms with Gasteiger partial charge >= 0.3 is 0 Å². The molecule has 0 spiro atoms. The molecule has 0 saturated carbocycles. The summed E-state index contributed by atoms with van der Waals surface area (Å²) in [6, 6.07) is 11.1.